The van der Waals surface area contributed by atoms with Crippen LogP contribution in [0.5, 0.6) is 0 Å². The van der Waals surface area contributed by atoms with Gasteiger partial charge in [-0.15, -0.1) is 0 Å². The van der Waals surface area contributed by atoms with Gasteiger partial charge < -0.3 is 40.9 Å². The lowest BCUT2D eigenvalue weighted by Crippen LogP contribution is -2.55. The van der Waals surface area contributed by atoms with Crippen molar-refractivity contribution in [3.63, 3.8) is 0 Å². The van der Waals surface area contributed by atoms with Crippen molar-refractivity contribution in [2.45, 2.75) is 13.0 Å². The maximum absolute atomic E-state index is 12.3. The summed E-state index contributed by atoms with van der Waals surface area (Å²) in [7, 11) is 4.07. The zero-order valence-electron chi connectivity index (χ0n) is 14.7. The molecule has 1 aliphatic rings. The number of benzene rings is 1. The first kappa shape index (κ1) is 23.0. The largest absolute Gasteiger partial charge is 0.356 e. The first-order chi connectivity index (χ1) is 12.0. The van der Waals surface area contributed by atoms with E-state index in [4.69, 9.17) is 30.6 Å². The number of likely N-dealkylation sites (N-methyl/N-ethyl adjacent to an activating group) is 2. The second-order valence-electron chi connectivity index (χ2n) is 5.51. The fourth-order valence-electron chi connectivity index (χ4n) is 2.22. The molecule has 12 nitrogen and oxygen atoms in total. The molecule has 2 rings (SSSR count). The Morgan fingerprint density at radius 2 is 1.58 bits per heavy atom. The lowest BCUT2D eigenvalue weighted by atomic mass is 10.1. The van der Waals surface area contributed by atoms with Gasteiger partial charge in [0.05, 0.1) is 10.2 Å². The number of aryl methyl sites for hydroxylation is 1. The molecule has 1 aromatic carbocycles. The van der Waals surface area contributed by atoms with Crippen LogP contribution in [0.1, 0.15) is 5.56 Å². The molecular formula is C14H21N5O7-2. The van der Waals surface area contributed by atoms with Gasteiger partial charge in [0.15, 0.2) is 0 Å². The van der Waals surface area contributed by atoms with Crippen LogP contribution >= 0.6 is 0 Å². The van der Waals surface area contributed by atoms with Crippen LogP contribution in [0, 0.1) is 37.6 Å². The van der Waals surface area contributed by atoms with E-state index < -0.39 is 10.2 Å². The first-order valence-electron chi connectivity index (χ1n) is 7.43. The van der Waals surface area contributed by atoms with Gasteiger partial charge in [0.2, 0.25) is 5.91 Å². The van der Waals surface area contributed by atoms with Gasteiger partial charge in [-0.3, -0.25) is 9.69 Å². The molecule has 26 heavy (non-hydrogen) atoms. The van der Waals surface area contributed by atoms with E-state index in [1.54, 1.807) is 0 Å². The number of nitrogens with zero attached hydrogens (tertiary/aromatic N) is 4. The molecule has 0 bridgehead atoms. The standard InChI is InChI=1S/C14H21N3O.2NO3/c1-11-6-4-5-7-12(11)15-14(18)13-10-16(2)8-9-17(13)3;2*2-1(3)4/h4-7,13H,8-10H2,1-3H3,(H,15,18);;/q;2*-1. The van der Waals surface area contributed by atoms with Crippen molar-refractivity contribution in [3.8, 4) is 0 Å². The fraction of sp³-hybridized carbons (Fsp3) is 0.500. The van der Waals surface area contributed by atoms with Crippen LogP contribution < -0.4 is 5.32 Å². The van der Waals surface area contributed by atoms with Crippen molar-refractivity contribution in [1.82, 2.24) is 9.80 Å². The highest BCUT2D eigenvalue weighted by Crippen LogP contribution is 2.15. The molecule has 0 radical (unpaired) electrons. The molecule has 1 saturated heterocycles. The van der Waals surface area contributed by atoms with Crippen LogP contribution in [-0.4, -0.2) is 65.7 Å². The SMILES string of the molecule is Cc1ccccc1NC(=O)C1CN(C)CCN1C.O=[N+]([O-])[O-].O=[N+]([O-])[O-]. The van der Waals surface area contributed by atoms with Crippen molar-refractivity contribution >= 4 is 11.6 Å². The molecule has 0 aliphatic carbocycles. The Morgan fingerprint density at radius 1 is 1.08 bits per heavy atom. The van der Waals surface area contributed by atoms with E-state index in [2.05, 4.69) is 22.2 Å². The third kappa shape index (κ3) is 10.00. The molecule has 1 aliphatic heterocycles. The number of nitrogens with one attached hydrogen (secondary N) is 1. The lowest BCUT2D eigenvalue weighted by molar-refractivity contribution is -0.403. The topological polar surface area (TPSA) is 168 Å². The number of carbonyl (C=O) groups excluding carboxylic acids is 1. The highest BCUT2D eigenvalue weighted by Gasteiger charge is 2.28. The monoisotopic (exact) mass is 371 g/mol. The molecule has 0 saturated carbocycles. The van der Waals surface area contributed by atoms with Crippen LogP contribution in [0.4, 0.5) is 5.69 Å². The number of para-hydroxylation sites is 1. The highest BCUT2D eigenvalue weighted by atomic mass is 16.9. The Balaban J connectivity index is 0.000000662. The molecule has 1 aromatic rings. The third-order valence-electron chi connectivity index (χ3n) is 3.56. The fourth-order valence-corrected chi connectivity index (χ4v) is 2.22. The maximum Gasteiger partial charge on any atom is 0.243 e. The van der Waals surface area contributed by atoms with Gasteiger partial charge in [-0.05, 0) is 32.6 Å². The molecule has 1 fully saturated rings. The molecule has 1 N–H and O–H groups in total. The lowest BCUT2D eigenvalue weighted by Gasteiger charge is -2.36. The van der Waals surface area contributed by atoms with E-state index in [1.165, 1.54) is 0 Å². The van der Waals surface area contributed by atoms with Crippen molar-refractivity contribution in [2.75, 3.05) is 39.0 Å². The minimum atomic E-state index is -1.75. The molecule has 0 aromatic heterocycles. The van der Waals surface area contributed by atoms with E-state index in [9.17, 15) is 4.79 Å². The second-order valence-corrected chi connectivity index (χ2v) is 5.51. The van der Waals surface area contributed by atoms with E-state index >= 15 is 0 Å². The Bertz CT molecular complexity index is 593. The highest BCUT2D eigenvalue weighted by molar-refractivity contribution is 5.95. The molecular weight excluding hydrogens is 350 g/mol. The normalized spacial score (nSPS) is 17.0. The van der Waals surface area contributed by atoms with E-state index in [-0.39, 0.29) is 11.9 Å². The van der Waals surface area contributed by atoms with E-state index in [0.29, 0.717) is 0 Å². The van der Waals surface area contributed by atoms with Crippen molar-refractivity contribution in [3.05, 3.63) is 60.5 Å². The molecule has 12 heteroatoms. The Hall–Kier alpha value is -2.99. The molecule has 1 heterocycles. The summed E-state index contributed by atoms with van der Waals surface area (Å²) in [5.41, 5.74) is 2.00. The average molecular weight is 371 g/mol. The van der Waals surface area contributed by atoms with E-state index in [0.717, 1.165) is 30.9 Å². The van der Waals surface area contributed by atoms with Gasteiger partial charge in [0.25, 0.3) is 0 Å². The average Bonchev–Trinajstić information content (AvgIpc) is 2.51. The minimum absolute atomic E-state index is 0.0663. The zero-order valence-corrected chi connectivity index (χ0v) is 14.7. The number of amides is 1. The quantitative estimate of drug-likeness (QED) is 0.581. The number of carbonyl (C=O) groups is 1. The zero-order chi connectivity index (χ0) is 20.3. The summed E-state index contributed by atoms with van der Waals surface area (Å²) < 4.78 is 0. The summed E-state index contributed by atoms with van der Waals surface area (Å²) in [6.07, 6.45) is 0. The third-order valence-corrected chi connectivity index (χ3v) is 3.56. The number of rotatable bonds is 2. The Labute approximate surface area is 149 Å². The van der Waals surface area contributed by atoms with Gasteiger partial charge in [0.1, 0.15) is 6.04 Å². The summed E-state index contributed by atoms with van der Waals surface area (Å²) in [5.74, 6) is 0.0818. The summed E-state index contributed by atoms with van der Waals surface area (Å²) in [5, 5.41) is 32.5. The number of hydrogen-bond donors (Lipinski definition) is 1. The van der Waals surface area contributed by atoms with Gasteiger partial charge in [-0.25, -0.2) is 0 Å². The summed E-state index contributed by atoms with van der Waals surface area (Å²) >= 11 is 0. The summed E-state index contributed by atoms with van der Waals surface area (Å²) in [6.45, 7) is 4.74. The summed E-state index contributed by atoms with van der Waals surface area (Å²) in [4.78, 5) is 33.1. The molecule has 0 spiro atoms. The van der Waals surface area contributed by atoms with Crippen molar-refractivity contribution in [1.29, 1.82) is 0 Å². The predicted octanol–water partition coefficient (Wildman–Crippen LogP) is 0.701. The van der Waals surface area contributed by atoms with Crippen LogP contribution in [0.25, 0.3) is 0 Å². The number of anilines is 1. The van der Waals surface area contributed by atoms with E-state index in [1.807, 2.05) is 38.2 Å². The molecule has 1 amide bonds. The minimum Gasteiger partial charge on any atom is -0.356 e. The first-order valence-corrected chi connectivity index (χ1v) is 7.43. The Morgan fingerprint density at radius 3 is 2.08 bits per heavy atom. The molecule has 146 valence electrons. The van der Waals surface area contributed by atoms with Crippen molar-refractivity contribution < 1.29 is 15.0 Å². The van der Waals surface area contributed by atoms with Crippen molar-refractivity contribution in [2.24, 2.45) is 0 Å². The summed E-state index contributed by atoms with van der Waals surface area (Å²) in [6, 6.07) is 7.81. The number of hydrogen-bond acceptors (Lipinski definition) is 9. The predicted molar refractivity (Wildman–Crippen MR) is 94.4 cm³/mol. The molecule has 1 atom stereocenters. The van der Waals surface area contributed by atoms with Crippen LogP contribution in [0.15, 0.2) is 24.3 Å². The Kier molecular flexibility index (Phi) is 10.2. The van der Waals surface area contributed by atoms with Gasteiger partial charge in [-0.1, -0.05) is 18.2 Å². The maximum atomic E-state index is 12.3. The molecule has 1 unspecified atom stereocenters. The van der Waals surface area contributed by atoms with Crippen LogP contribution in [-0.2, 0) is 4.79 Å². The smallest absolute Gasteiger partial charge is 0.243 e. The van der Waals surface area contributed by atoms with Gasteiger partial charge in [0, 0.05) is 25.3 Å². The van der Waals surface area contributed by atoms with Gasteiger partial charge in [-0.2, -0.15) is 0 Å². The van der Waals surface area contributed by atoms with Crippen LogP contribution in [0.2, 0.25) is 0 Å². The van der Waals surface area contributed by atoms with Crippen LogP contribution in [0.3, 0.4) is 0 Å². The number of piperazine rings is 1. The van der Waals surface area contributed by atoms with Gasteiger partial charge >= 0.3 is 0 Å². The second kappa shape index (κ2) is 11.5.